The molecule has 3 heteroatoms. The van der Waals surface area contributed by atoms with Gasteiger partial charge in [0.05, 0.1) is 17.4 Å². The molecule has 88 valence electrons. The van der Waals surface area contributed by atoms with Gasteiger partial charge in [-0.1, -0.05) is 18.2 Å². The summed E-state index contributed by atoms with van der Waals surface area (Å²) in [5, 5.41) is 3.16. The number of aryl methyl sites for hydroxylation is 1. The molecule has 1 N–H and O–H groups in total. The molecule has 0 amide bonds. The summed E-state index contributed by atoms with van der Waals surface area (Å²) in [7, 11) is 0. The molecule has 1 atom stereocenters. The molecule has 0 radical (unpaired) electrons. The van der Waals surface area contributed by atoms with Gasteiger partial charge in [0.2, 0.25) is 0 Å². The zero-order chi connectivity index (χ0) is 12.3. The van der Waals surface area contributed by atoms with Gasteiger partial charge in [-0.15, -0.1) is 0 Å². The van der Waals surface area contributed by atoms with Gasteiger partial charge in [0.25, 0.3) is 0 Å². The monoisotopic (exact) mass is 230 g/mol. The number of halogens is 1. The highest BCUT2D eigenvalue weighted by molar-refractivity contribution is 5.52. The third-order valence-electron chi connectivity index (χ3n) is 2.71. The summed E-state index contributed by atoms with van der Waals surface area (Å²) in [6, 6.07) is 10.7. The maximum absolute atomic E-state index is 13.6. The second kappa shape index (κ2) is 4.95. The fourth-order valence-electron chi connectivity index (χ4n) is 1.74. The molecule has 2 rings (SSSR count). The lowest BCUT2D eigenvalue weighted by molar-refractivity contribution is 0.625. The van der Waals surface area contributed by atoms with Crippen LogP contribution in [0.15, 0.2) is 42.6 Å². The number of rotatable bonds is 3. The predicted molar refractivity (Wildman–Crippen MR) is 67.4 cm³/mol. The minimum absolute atomic E-state index is 0.0215. The first kappa shape index (κ1) is 11.6. The molecule has 0 aliphatic carbocycles. The topological polar surface area (TPSA) is 24.9 Å². The molecule has 0 saturated carbocycles. The largest absolute Gasteiger partial charge is 0.374 e. The lowest BCUT2D eigenvalue weighted by atomic mass is 10.1. The summed E-state index contributed by atoms with van der Waals surface area (Å²) >= 11 is 0. The lowest BCUT2D eigenvalue weighted by Gasteiger charge is -2.17. The highest BCUT2D eigenvalue weighted by atomic mass is 19.1. The number of para-hydroxylation sites is 1. The molecule has 17 heavy (non-hydrogen) atoms. The summed E-state index contributed by atoms with van der Waals surface area (Å²) in [5.74, 6) is -0.229. The van der Waals surface area contributed by atoms with E-state index >= 15 is 0 Å². The Kier molecular flexibility index (Phi) is 3.38. The number of nitrogens with one attached hydrogen (secondary N) is 1. The van der Waals surface area contributed by atoms with Crippen LogP contribution in [-0.4, -0.2) is 4.98 Å². The summed E-state index contributed by atoms with van der Waals surface area (Å²) in [6.07, 6.45) is 1.74. The third-order valence-corrected chi connectivity index (χ3v) is 2.71. The van der Waals surface area contributed by atoms with Gasteiger partial charge in [0, 0.05) is 6.20 Å². The highest BCUT2D eigenvalue weighted by Gasteiger charge is 2.10. The molecule has 0 saturated heterocycles. The Morgan fingerprint density at radius 3 is 2.65 bits per heavy atom. The average molecular weight is 230 g/mol. The fourth-order valence-corrected chi connectivity index (χ4v) is 1.74. The van der Waals surface area contributed by atoms with Crippen LogP contribution in [0.2, 0.25) is 0 Å². The maximum atomic E-state index is 13.6. The Balaban J connectivity index is 2.22. The van der Waals surface area contributed by atoms with Crippen LogP contribution in [0.5, 0.6) is 0 Å². The Labute approximate surface area is 101 Å². The molecule has 2 nitrogen and oxygen atoms in total. The number of nitrogens with zero attached hydrogens (tertiary/aromatic N) is 1. The van der Waals surface area contributed by atoms with Crippen molar-refractivity contribution in [3.63, 3.8) is 0 Å². The molecule has 1 aromatic heterocycles. The zero-order valence-corrected chi connectivity index (χ0v) is 9.94. The first-order valence-electron chi connectivity index (χ1n) is 5.61. The Bertz CT molecular complexity index is 477. The average Bonchev–Trinajstić information content (AvgIpc) is 2.35. The zero-order valence-electron chi connectivity index (χ0n) is 9.94. The van der Waals surface area contributed by atoms with E-state index in [-0.39, 0.29) is 11.9 Å². The van der Waals surface area contributed by atoms with E-state index in [9.17, 15) is 4.39 Å². The van der Waals surface area contributed by atoms with Gasteiger partial charge in [-0.3, -0.25) is 4.98 Å². The summed E-state index contributed by atoms with van der Waals surface area (Å²) in [5.41, 5.74) is 2.34. The highest BCUT2D eigenvalue weighted by Crippen LogP contribution is 2.23. The molecule has 0 aliphatic rings. The van der Waals surface area contributed by atoms with E-state index in [2.05, 4.69) is 10.3 Å². The van der Waals surface area contributed by atoms with Gasteiger partial charge in [0.1, 0.15) is 5.82 Å². The van der Waals surface area contributed by atoms with Crippen LogP contribution in [0, 0.1) is 12.7 Å². The lowest BCUT2D eigenvalue weighted by Crippen LogP contribution is -2.10. The van der Waals surface area contributed by atoms with E-state index in [0.717, 1.165) is 11.3 Å². The Morgan fingerprint density at radius 2 is 2.00 bits per heavy atom. The quantitative estimate of drug-likeness (QED) is 0.869. The van der Waals surface area contributed by atoms with Crippen molar-refractivity contribution in [3.05, 3.63) is 59.7 Å². The van der Waals surface area contributed by atoms with Crippen molar-refractivity contribution in [2.24, 2.45) is 0 Å². The molecular formula is C14H15FN2. The second-order valence-corrected chi connectivity index (χ2v) is 4.05. The van der Waals surface area contributed by atoms with E-state index in [4.69, 9.17) is 0 Å². The predicted octanol–water partition coefficient (Wildman–Crippen LogP) is 3.70. The van der Waals surface area contributed by atoms with E-state index in [1.165, 1.54) is 6.07 Å². The standard InChI is InChI=1S/C14H15FN2/c1-10-6-5-7-12(15)14(10)17-11(2)13-8-3-4-9-16-13/h3-9,11,17H,1-2H3. The van der Waals surface area contributed by atoms with E-state index in [1.54, 1.807) is 12.3 Å². The van der Waals surface area contributed by atoms with Crippen LogP contribution in [0.4, 0.5) is 10.1 Å². The van der Waals surface area contributed by atoms with Crippen LogP contribution in [-0.2, 0) is 0 Å². The summed E-state index contributed by atoms with van der Waals surface area (Å²) < 4.78 is 13.6. The number of pyridine rings is 1. The number of anilines is 1. The smallest absolute Gasteiger partial charge is 0.146 e. The Hall–Kier alpha value is -1.90. The van der Waals surface area contributed by atoms with Crippen molar-refractivity contribution < 1.29 is 4.39 Å². The number of hydrogen-bond acceptors (Lipinski definition) is 2. The molecular weight excluding hydrogens is 215 g/mol. The molecule has 1 unspecified atom stereocenters. The van der Waals surface area contributed by atoms with Gasteiger partial charge in [-0.05, 0) is 37.6 Å². The third kappa shape index (κ3) is 2.61. The molecule has 1 aromatic carbocycles. The van der Waals surface area contributed by atoms with Crippen molar-refractivity contribution in [3.8, 4) is 0 Å². The number of benzene rings is 1. The molecule has 0 spiro atoms. The first-order valence-corrected chi connectivity index (χ1v) is 5.61. The van der Waals surface area contributed by atoms with Crippen molar-refractivity contribution in [1.29, 1.82) is 0 Å². The fraction of sp³-hybridized carbons (Fsp3) is 0.214. The van der Waals surface area contributed by atoms with Crippen molar-refractivity contribution in [2.45, 2.75) is 19.9 Å². The minimum atomic E-state index is -0.229. The molecule has 1 heterocycles. The van der Waals surface area contributed by atoms with E-state index in [0.29, 0.717) is 5.69 Å². The van der Waals surface area contributed by atoms with Crippen LogP contribution in [0.25, 0.3) is 0 Å². The second-order valence-electron chi connectivity index (χ2n) is 4.05. The van der Waals surface area contributed by atoms with Gasteiger partial charge in [0.15, 0.2) is 0 Å². The maximum Gasteiger partial charge on any atom is 0.146 e. The summed E-state index contributed by atoms with van der Waals surface area (Å²) in [6.45, 7) is 3.85. The molecule has 2 aromatic rings. The summed E-state index contributed by atoms with van der Waals surface area (Å²) in [4.78, 5) is 4.25. The van der Waals surface area contributed by atoms with Crippen LogP contribution in [0.3, 0.4) is 0 Å². The number of hydrogen-bond donors (Lipinski definition) is 1. The van der Waals surface area contributed by atoms with E-state index in [1.807, 2.05) is 38.1 Å². The first-order chi connectivity index (χ1) is 8.18. The van der Waals surface area contributed by atoms with E-state index < -0.39 is 0 Å². The molecule has 0 aliphatic heterocycles. The van der Waals surface area contributed by atoms with Crippen molar-refractivity contribution >= 4 is 5.69 Å². The van der Waals surface area contributed by atoms with Crippen LogP contribution >= 0.6 is 0 Å². The van der Waals surface area contributed by atoms with Crippen molar-refractivity contribution in [1.82, 2.24) is 4.98 Å². The van der Waals surface area contributed by atoms with Crippen LogP contribution in [0.1, 0.15) is 24.2 Å². The van der Waals surface area contributed by atoms with Crippen molar-refractivity contribution in [2.75, 3.05) is 5.32 Å². The van der Waals surface area contributed by atoms with Crippen LogP contribution < -0.4 is 5.32 Å². The van der Waals surface area contributed by atoms with Gasteiger partial charge >= 0.3 is 0 Å². The normalized spacial score (nSPS) is 12.2. The van der Waals surface area contributed by atoms with Gasteiger partial charge in [-0.2, -0.15) is 0 Å². The number of aromatic nitrogens is 1. The molecule has 0 bridgehead atoms. The minimum Gasteiger partial charge on any atom is -0.374 e. The van der Waals surface area contributed by atoms with Gasteiger partial charge < -0.3 is 5.32 Å². The Morgan fingerprint density at radius 1 is 1.18 bits per heavy atom. The SMILES string of the molecule is Cc1cccc(F)c1NC(C)c1ccccn1. The molecule has 0 fully saturated rings. The van der Waals surface area contributed by atoms with Gasteiger partial charge in [-0.25, -0.2) is 4.39 Å².